The molecule has 0 radical (unpaired) electrons. The van der Waals surface area contributed by atoms with Crippen molar-refractivity contribution in [2.45, 2.75) is 32.2 Å². The number of benzene rings is 1. The second-order valence-electron chi connectivity index (χ2n) is 5.04. The Morgan fingerprint density at radius 3 is 3.11 bits per heavy atom. The molecule has 0 aromatic heterocycles. The maximum absolute atomic E-state index is 11.9. The molecule has 1 unspecified atom stereocenters. The van der Waals surface area contributed by atoms with Crippen LogP contribution in [-0.2, 0) is 11.2 Å². The molecule has 1 atom stereocenters. The van der Waals surface area contributed by atoms with Crippen LogP contribution in [0.15, 0.2) is 24.3 Å². The zero-order valence-electron chi connectivity index (χ0n) is 11.4. The van der Waals surface area contributed by atoms with Gasteiger partial charge in [-0.3, -0.25) is 9.69 Å². The molecule has 3 nitrogen and oxygen atoms in total. The lowest BCUT2D eigenvalue weighted by Crippen LogP contribution is -2.40. The number of amides is 1. The zero-order chi connectivity index (χ0) is 13.7. The predicted molar refractivity (Wildman–Crippen MR) is 78.4 cm³/mol. The quantitative estimate of drug-likeness (QED) is 0.899. The minimum Gasteiger partial charge on any atom is -0.354 e. The van der Waals surface area contributed by atoms with Crippen LogP contribution in [0.5, 0.6) is 0 Å². The highest BCUT2D eigenvalue weighted by Crippen LogP contribution is 2.15. The van der Waals surface area contributed by atoms with Crippen molar-refractivity contribution < 1.29 is 4.79 Å². The fraction of sp³-hybridized carbons (Fsp3) is 0.533. The Hall–Kier alpha value is -1.06. The van der Waals surface area contributed by atoms with Crippen molar-refractivity contribution >= 4 is 17.5 Å². The molecular weight excluding hydrogens is 260 g/mol. The fourth-order valence-electron chi connectivity index (χ4n) is 2.67. The molecule has 1 amide bonds. The second-order valence-corrected chi connectivity index (χ2v) is 5.47. The van der Waals surface area contributed by atoms with Crippen LogP contribution >= 0.6 is 11.6 Å². The van der Waals surface area contributed by atoms with Gasteiger partial charge in [0.15, 0.2) is 0 Å². The summed E-state index contributed by atoms with van der Waals surface area (Å²) in [6, 6.07) is 7.98. The summed E-state index contributed by atoms with van der Waals surface area (Å²) in [6.07, 6.45) is 2.83. The van der Waals surface area contributed by atoms with Gasteiger partial charge in [-0.2, -0.15) is 0 Å². The summed E-state index contributed by atoms with van der Waals surface area (Å²) in [5, 5.41) is 3.71. The van der Waals surface area contributed by atoms with Crippen LogP contribution in [0.2, 0.25) is 5.02 Å². The molecule has 1 aromatic rings. The zero-order valence-corrected chi connectivity index (χ0v) is 12.1. The Morgan fingerprint density at radius 2 is 2.37 bits per heavy atom. The Balaban J connectivity index is 1.78. The van der Waals surface area contributed by atoms with Crippen LogP contribution in [0.4, 0.5) is 0 Å². The first kappa shape index (κ1) is 14.4. The minimum atomic E-state index is 0.0743. The lowest BCUT2D eigenvalue weighted by atomic mass is 10.1. The van der Waals surface area contributed by atoms with E-state index in [9.17, 15) is 4.79 Å². The van der Waals surface area contributed by atoms with Crippen molar-refractivity contribution in [1.29, 1.82) is 0 Å². The number of nitrogens with zero attached hydrogens (tertiary/aromatic N) is 1. The molecule has 0 spiro atoms. The van der Waals surface area contributed by atoms with Crippen molar-refractivity contribution in [3.05, 3.63) is 34.9 Å². The number of nitrogens with one attached hydrogen (secondary N) is 1. The van der Waals surface area contributed by atoms with E-state index >= 15 is 0 Å². The molecule has 1 fully saturated rings. The molecule has 1 aliphatic rings. The van der Waals surface area contributed by atoms with E-state index in [1.807, 2.05) is 24.3 Å². The predicted octanol–water partition coefficient (Wildman–Crippen LogP) is 2.48. The molecule has 2 rings (SSSR count). The van der Waals surface area contributed by atoms with E-state index in [4.69, 9.17) is 11.6 Å². The third-order valence-electron chi connectivity index (χ3n) is 3.69. The summed E-state index contributed by atoms with van der Waals surface area (Å²) in [6.45, 7) is 5.15. The van der Waals surface area contributed by atoms with Gasteiger partial charge in [0.2, 0.25) is 5.91 Å². The van der Waals surface area contributed by atoms with E-state index < -0.39 is 0 Å². The fourth-order valence-corrected chi connectivity index (χ4v) is 2.88. The Morgan fingerprint density at radius 1 is 1.53 bits per heavy atom. The Labute approximate surface area is 119 Å². The van der Waals surface area contributed by atoms with Crippen molar-refractivity contribution in [3.8, 4) is 0 Å². The number of carbonyl (C=O) groups is 1. The van der Waals surface area contributed by atoms with Crippen molar-refractivity contribution in [1.82, 2.24) is 10.2 Å². The van der Waals surface area contributed by atoms with Gasteiger partial charge in [-0.25, -0.2) is 0 Å². The summed E-state index contributed by atoms with van der Waals surface area (Å²) in [5.41, 5.74) is 0.962. The van der Waals surface area contributed by atoms with Gasteiger partial charge >= 0.3 is 0 Å². The smallest absolute Gasteiger partial charge is 0.224 e. The molecule has 0 aliphatic carbocycles. The van der Waals surface area contributed by atoms with Crippen molar-refractivity contribution in [2.75, 3.05) is 19.6 Å². The summed E-state index contributed by atoms with van der Waals surface area (Å²) in [4.78, 5) is 14.3. The van der Waals surface area contributed by atoms with Crippen LogP contribution in [-0.4, -0.2) is 36.5 Å². The molecule has 1 aromatic carbocycles. The van der Waals surface area contributed by atoms with Crippen LogP contribution in [0.1, 0.15) is 25.3 Å². The Kier molecular flexibility index (Phi) is 5.23. The average molecular weight is 281 g/mol. The number of likely N-dealkylation sites (tertiary alicyclic amines) is 1. The van der Waals surface area contributed by atoms with Gasteiger partial charge in [-0.15, -0.1) is 0 Å². The van der Waals surface area contributed by atoms with E-state index in [0.717, 1.165) is 25.2 Å². The molecule has 19 heavy (non-hydrogen) atoms. The lowest BCUT2D eigenvalue weighted by Gasteiger charge is -2.22. The first-order valence-corrected chi connectivity index (χ1v) is 7.32. The number of carbonyl (C=O) groups excluding carboxylic acids is 1. The summed E-state index contributed by atoms with van der Waals surface area (Å²) >= 11 is 5.91. The molecule has 1 heterocycles. The Bertz CT molecular complexity index is 436. The third-order valence-corrected chi connectivity index (χ3v) is 3.93. The minimum absolute atomic E-state index is 0.0743. The number of hydrogen-bond acceptors (Lipinski definition) is 2. The highest BCUT2D eigenvalue weighted by atomic mass is 35.5. The lowest BCUT2D eigenvalue weighted by molar-refractivity contribution is -0.120. The molecule has 1 saturated heterocycles. The van der Waals surface area contributed by atoms with Gasteiger partial charge in [-0.1, -0.05) is 30.7 Å². The van der Waals surface area contributed by atoms with E-state index in [0.29, 0.717) is 17.5 Å². The standard InChI is InChI=1S/C15H21ClN2O/c1-2-18-8-4-7-14(18)11-17-15(19)10-12-5-3-6-13(16)9-12/h3,5-6,9,14H,2,4,7-8,10-11H2,1H3,(H,17,19). The number of halogens is 1. The first-order valence-electron chi connectivity index (χ1n) is 6.94. The van der Waals surface area contributed by atoms with Crippen molar-refractivity contribution in [3.63, 3.8) is 0 Å². The van der Waals surface area contributed by atoms with Crippen LogP contribution in [0.3, 0.4) is 0 Å². The van der Waals surface area contributed by atoms with E-state index in [1.54, 1.807) is 0 Å². The van der Waals surface area contributed by atoms with E-state index in [-0.39, 0.29) is 5.91 Å². The van der Waals surface area contributed by atoms with Gasteiger partial charge in [0.1, 0.15) is 0 Å². The summed E-state index contributed by atoms with van der Waals surface area (Å²) in [5.74, 6) is 0.0743. The van der Waals surface area contributed by atoms with Gasteiger partial charge in [0.05, 0.1) is 6.42 Å². The SMILES string of the molecule is CCN1CCCC1CNC(=O)Cc1cccc(Cl)c1. The maximum Gasteiger partial charge on any atom is 0.224 e. The number of likely N-dealkylation sites (N-methyl/N-ethyl adjacent to an activating group) is 1. The molecule has 1 N–H and O–H groups in total. The third kappa shape index (κ3) is 4.22. The monoisotopic (exact) mass is 280 g/mol. The number of hydrogen-bond donors (Lipinski definition) is 1. The highest BCUT2D eigenvalue weighted by molar-refractivity contribution is 6.30. The molecule has 4 heteroatoms. The first-order chi connectivity index (χ1) is 9.19. The average Bonchev–Trinajstić information content (AvgIpc) is 2.83. The van der Waals surface area contributed by atoms with Gasteiger partial charge in [-0.05, 0) is 43.6 Å². The number of rotatable bonds is 5. The molecule has 0 saturated carbocycles. The molecule has 104 valence electrons. The van der Waals surface area contributed by atoms with Crippen LogP contribution < -0.4 is 5.32 Å². The van der Waals surface area contributed by atoms with E-state index in [2.05, 4.69) is 17.1 Å². The molecule has 1 aliphatic heterocycles. The highest BCUT2D eigenvalue weighted by Gasteiger charge is 2.22. The van der Waals surface area contributed by atoms with Gasteiger partial charge in [0, 0.05) is 17.6 Å². The molecular formula is C15H21ClN2O. The normalized spacial score (nSPS) is 19.6. The van der Waals surface area contributed by atoms with Gasteiger partial charge in [0.25, 0.3) is 0 Å². The summed E-state index contributed by atoms with van der Waals surface area (Å²) in [7, 11) is 0. The molecule has 0 bridgehead atoms. The maximum atomic E-state index is 11.9. The second kappa shape index (κ2) is 6.92. The van der Waals surface area contributed by atoms with Gasteiger partial charge < -0.3 is 5.32 Å². The van der Waals surface area contributed by atoms with Crippen molar-refractivity contribution in [2.24, 2.45) is 0 Å². The van der Waals surface area contributed by atoms with E-state index in [1.165, 1.54) is 12.8 Å². The largest absolute Gasteiger partial charge is 0.354 e. The van der Waals surface area contributed by atoms with Crippen LogP contribution in [0.25, 0.3) is 0 Å². The van der Waals surface area contributed by atoms with Crippen LogP contribution in [0, 0.1) is 0 Å². The summed E-state index contributed by atoms with van der Waals surface area (Å²) < 4.78 is 0. The topological polar surface area (TPSA) is 32.3 Å².